The molecule has 0 aliphatic heterocycles. The molecule has 0 aromatic heterocycles. The molecule has 1 aliphatic carbocycles. The zero-order chi connectivity index (χ0) is 11.2. The van der Waals surface area contributed by atoms with Crippen LogP contribution in [0.3, 0.4) is 0 Å². The minimum Gasteiger partial charge on any atom is -0.481 e. The largest absolute Gasteiger partial charge is 0.481 e. The van der Waals surface area contributed by atoms with Crippen molar-refractivity contribution in [2.75, 3.05) is 0 Å². The molecule has 0 bridgehead atoms. The minimum absolute atomic E-state index is 0.480. The number of carboxylic acids is 1. The molecule has 2 nitrogen and oxygen atoms in total. The molecule has 0 saturated heterocycles. The van der Waals surface area contributed by atoms with Crippen LogP contribution in [-0.4, -0.2) is 11.1 Å². The first-order valence-electron chi connectivity index (χ1n) is 4.63. The Morgan fingerprint density at radius 2 is 2.13 bits per heavy atom. The van der Waals surface area contributed by atoms with Gasteiger partial charge in [0.1, 0.15) is 0 Å². The molecule has 2 rings (SSSR count). The van der Waals surface area contributed by atoms with Crippen molar-refractivity contribution in [3.8, 4) is 0 Å². The van der Waals surface area contributed by atoms with E-state index < -0.39 is 28.9 Å². The van der Waals surface area contributed by atoms with E-state index in [2.05, 4.69) is 0 Å². The lowest BCUT2D eigenvalue weighted by Gasteiger charge is -2.10. The highest BCUT2D eigenvalue weighted by atomic mass is 19.2. The molecular formula is C11H10F2O2. The second-order valence-electron chi connectivity index (χ2n) is 4.14. The molecule has 1 saturated carbocycles. The van der Waals surface area contributed by atoms with Gasteiger partial charge in [-0.2, -0.15) is 0 Å². The number of aliphatic carboxylic acids is 1. The van der Waals surface area contributed by atoms with Crippen LogP contribution in [0.2, 0.25) is 0 Å². The monoisotopic (exact) mass is 212 g/mol. The summed E-state index contributed by atoms with van der Waals surface area (Å²) in [5.41, 5.74) is 0.00852. The van der Waals surface area contributed by atoms with Crippen LogP contribution >= 0.6 is 0 Å². The van der Waals surface area contributed by atoms with Crippen molar-refractivity contribution in [2.24, 2.45) is 5.92 Å². The fourth-order valence-electron chi connectivity index (χ4n) is 1.90. The summed E-state index contributed by atoms with van der Waals surface area (Å²) in [5, 5.41) is 8.81. The van der Waals surface area contributed by atoms with Crippen molar-refractivity contribution in [1.82, 2.24) is 0 Å². The summed E-state index contributed by atoms with van der Waals surface area (Å²) in [7, 11) is 0. The van der Waals surface area contributed by atoms with E-state index in [1.807, 2.05) is 0 Å². The van der Waals surface area contributed by atoms with E-state index in [9.17, 15) is 13.6 Å². The molecule has 1 aromatic carbocycles. The molecular weight excluding hydrogens is 202 g/mol. The van der Waals surface area contributed by atoms with Crippen LogP contribution in [0, 0.1) is 17.6 Å². The maximum Gasteiger partial charge on any atom is 0.307 e. The first-order valence-corrected chi connectivity index (χ1v) is 4.63. The lowest BCUT2D eigenvalue weighted by atomic mass is 9.95. The number of carbonyl (C=O) groups is 1. The van der Waals surface area contributed by atoms with Gasteiger partial charge in [0.2, 0.25) is 0 Å². The number of rotatable bonds is 2. The third-order valence-corrected chi connectivity index (χ3v) is 3.11. The normalized spacial score (nSPS) is 28.9. The van der Waals surface area contributed by atoms with E-state index in [0.29, 0.717) is 12.0 Å². The summed E-state index contributed by atoms with van der Waals surface area (Å²) in [6, 6.07) is 3.56. The van der Waals surface area contributed by atoms with Gasteiger partial charge in [0.15, 0.2) is 11.6 Å². The summed E-state index contributed by atoms with van der Waals surface area (Å²) in [5.74, 6) is -3.20. The van der Waals surface area contributed by atoms with Crippen LogP contribution in [0.25, 0.3) is 0 Å². The second-order valence-corrected chi connectivity index (χ2v) is 4.14. The first kappa shape index (κ1) is 10.1. The second kappa shape index (κ2) is 3.02. The average Bonchev–Trinajstić information content (AvgIpc) is 2.84. The van der Waals surface area contributed by atoms with E-state index in [4.69, 9.17) is 5.11 Å². The van der Waals surface area contributed by atoms with Gasteiger partial charge in [-0.25, -0.2) is 8.78 Å². The zero-order valence-electron chi connectivity index (χ0n) is 8.13. The standard InChI is InChI=1S/C11H10F2O2/c1-11(5-7(11)10(14)15)6-2-3-8(12)9(13)4-6/h2-4,7H,5H2,1H3,(H,14,15). The minimum atomic E-state index is -0.926. The van der Waals surface area contributed by atoms with Gasteiger partial charge in [0.05, 0.1) is 5.92 Å². The van der Waals surface area contributed by atoms with Crippen LogP contribution in [0.5, 0.6) is 0 Å². The van der Waals surface area contributed by atoms with Crippen LogP contribution in [0.15, 0.2) is 18.2 Å². The van der Waals surface area contributed by atoms with Crippen LogP contribution in [-0.2, 0) is 10.2 Å². The maximum atomic E-state index is 12.9. The number of benzene rings is 1. The van der Waals surface area contributed by atoms with E-state index in [1.54, 1.807) is 6.92 Å². The summed E-state index contributed by atoms with van der Waals surface area (Å²) in [6.07, 6.45) is 0.480. The molecule has 1 aromatic rings. The molecule has 15 heavy (non-hydrogen) atoms. The Morgan fingerprint density at radius 1 is 1.47 bits per heavy atom. The Bertz CT molecular complexity index is 431. The predicted molar refractivity (Wildman–Crippen MR) is 49.5 cm³/mol. The molecule has 0 radical (unpaired) electrons. The number of hydrogen-bond donors (Lipinski definition) is 1. The van der Waals surface area contributed by atoms with Gasteiger partial charge in [0, 0.05) is 5.41 Å². The fraction of sp³-hybridized carbons (Fsp3) is 0.364. The summed E-state index contributed by atoms with van der Waals surface area (Å²) >= 11 is 0. The van der Waals surface area contributed by atoms with Crippen molar-refractivity contribution < 1.29 is 18.7 Å². The SMILES string of the molecule is CC1(c2ccc(F)c(F)c2)CC1C(=O)O. The van der Waals surface area contributed by atoms with Crippen molar-refractivity contribution in [3.63, 3.8) is 0 Å². The summed E-state index contributed by atoms with van der Waals surface area (Å²) in [6.45, 7) is 1.75. The van der Waals surface area contributed by atoms with E-state index in [1.165, 1.54) is 6.07 Å². The molecule has 2 unspecified atom stereocenters. The first-order chi connectivity index (χ1) is 6.95. The van der Waals surface area contributed by atoms with E-state index in [-0.39, 0.29) is 0 Å². The molecule has 80 valence electrons. The van der Waals surface area contributed by atoms with Crippen LogP contribution in [0.4, 0.5) is 8.78 Å². The molecule has 2 atom stereocenters. The third kappa shape index (κ3) is 1.50. The zero-order valence-corrected chi connectivity index (χ0v) is 8.13. The highest BCUT2D eigenvalue weighted by Gasteiger charge is 2.56. The molecule has 1 N–H and O–H groups in total. The molecule has 0 spiro atoms. The fourth-order valence-corrected chi connectivity index (χ4v) is 1.90. The maximum absolute atomic E-state index is 12.9. The van der Waals surface area contributed by atoms with Gasteiger partial charge in [-0.1, -0.05) is 13.0 Å². The van der Waals surface area contributed by atoms with Gasteiger partial charge < -0.3 is 5.11 Å². The Kier molecular flexibility index (Phi) is 2.03. The highest BCUT2D eigenvalue weighted by Crippen LogP contribution is 2.54. The Hall–Kier alpha value is -1.45. The highest BCUT2D eigenvalue weighted by molar-refractivity contribution is 5.77. The van der Waals surface area contributed by atoms with Gasteiger partial charge in [-0.05, 0) is 24.1 Å². The Balaban J connectivity index is 2.32. The number of halogens is 2. The number of hydrogen-bond acceptors (Lipinski definition) is 1. The quantitative estimate of drug-likeness (QED) is 0.816. The summed E-state index contributed by atoms with van der Waals surface area (Å²) < 4.78 is 25.6. The molecule has 0 amide bonds. The molecule has 4 heteroatoms. The van der Waals surface area contributed by atoms with Crippen LogP contribution in [0.1, 0.15) is 18.9 Å². The lowest BCUT2D eigenvalue weighted by molar-refractivity contribution is -0.138. The van der Waals surface area contributed by atoms with Crippen molar-refractivity contribution in [1.29, 1.82) is 0 Å². The van der Waals surface area contributed by atoms with Gasteiger partial charge in [0.25, 0.3) is 0 Å². The van der Waals surface area contributed by atoms with Gasteiger partial charge in [-0.15, -0.1) is 0 Å². The topological polar surface area (TPSA) is 37.3 Å². The average molecular weight is 212 g/mol. The smallest absolute Gasteiger partial charge is 0.307 e. The van der Waals surface area contributed by atoms with Crippen LogP contribution < -0.4 is 0 Å². The molecule has 1 aliphatic rings. The van der Waals surface area contributed by atoms with E-state index >= 15 is 0 Å². The lowest BCUT2D eigenvalue weighted by Crippen LogP contribution is -2.11. The van der Waals surface area contributed by atoms with E-state index in [0.717, 1.165) is 12.1 Å². The summed E-state index contributed by atoms with van der Waals surface area (Å²) in [4.78, 5) is 10.7. The van der Waals surface area contributed by atoms with Gasteiger partial charge in [-0.3, -0.25) is 4.79 Å². The predicted octanol–water partition coefficient (Wildman–Crippen LogP) is 2.33. The van der Waals surface area contributed by atoms with Crippen molar-refractivity contribution in [2.45, 2.75) is 18.8 Å². The number of carboxylic acid groups (broad SMARTS) is 1. The Labute approximate surface area is 85.5 Å². The Morgan fingerprint density at radius 3 is 2.60 bits per heavy atom. The van der Waals surface area contributed by atoms with Crippen molar-refractivity contribution in [3.05, 3.63) is 35.4 Å². The third-order valence-electron chi connectivity index (χ3n) is 3.11. The van der Waals surface area contributed by atoms with Crippen molar-refractivity contribution >= 4 is 5.97 Å². The molecule has 0 heterocycles. The molecule has 1 fully saturated rings. The van der Waals surface area contributed by atoms with Gasteiger partial charge >= 0.3 is 5.97 Å².